The molecule has 158 valence electrons. The molecule has 0 N–H and O–H groups in total. The smallest absolute Gasteiger partial charge is 0.274 e. The first-order valence-corrected chi connectivity index (χ1v) is 11.1. The number of rotatable bonds is 5. The first-order valence-electron chi connectivity index (χ1n) is 10.4. The molecule has 0 fully saturated rings. The molecule has 0 saturated carbocycles. The fourth-order valence-electron chi connectivity index (χ4n) is 4.14. The first-order chi connectivity index (χ1) is 15.1. The zero-order chi connectivity index (χ0) is 21.4. The summed E-state index contributed by atoms with van der Waals surface area (Å²) in [6.45, 7) is 3.13. The van der Waals surface area contributed by atoms with Gasteiger partial charge in [-0.05, 0) is 23.3 Å². The summed E-state index contributed by atoms with van der Waals surface area (Å²) >= 11 is 1.24. The second-order valence-electron chi connectivity index (χ2n) is 8.16. The lowest BCUT2D eigenvalue weighted by Crippen LogP contribution is -2.32. The van der Waals surface area contributed by atoms with E-state index in [-0.39, 0.29) is 5.91 Å². The minimum atomic E-state index is -0.0418. The molecule has 0 atom stereocenters. The number of carbonyl (C=O) groups is 1. The quantitative estimate of drug-likeness (QED) is 0.485. The van der Waals surface area contributed by atoms with Gasteiger partial charge in [0.05, 0.1) is 18.3 Å². The van der Waals surface area contributed by atoms with Gasteiger partial charge >= 0.3 is 0 Å². The van der Waals surface area contributed by atoms with Crippen molar-refractivity contribution in [3.8, 4) is 0 Å². The fourth-order valence-corrected chi connectivity index (χ4v) is 4.65. The molecular formula is C23H24N6OS. The van der Waals surface area contributed by atoms with Crippen molar-refractivity contribution in [1.29, 1.82) is 0 Å². The summed E-state index contributed by atoms with van der Waals surface area (Å²) in [6, 6.07) is 16.5. The lowest BCUT2D eigenvalue weighted by atomic mass is 10.0. The average Bonchev–Trinajstić information content (AvgIpc) is 3.38. The average molecular weight is 433 g/mol. The monoisotopic (exact) mass is 432 g/mol. The second kappa shape index (κ2) is 8.20. The van der Waals surface area contributed by atoms with Crippen LogP contribution in [0, 0.1) is 0 Å². The van der Waals surface area contributed by atoms with Gasteiger partial charge in [-0.25, -0.2) is 0 Å². The fraction of sp³-hybridized carbons (Fsp3) is 0.304. The SMILES string of the molecule is CN(C)C(=O)c1nn(Cc2ccccc2)c2c1CN(Cc1ccc3nsnc3c1)CC2. The van der Waals surface area contributed by atoms with E-state index in [1.54, 1.807) is 19.0 Å². The highest BCUT2D eigenvalue weighted by Crippen LogP contribution is 2.26. The Kier molecular flexibility index (Phi) is 5.25. The number of fused-ring (bicyclic) bond motifs is 2. The third-order valence-corrected chi connectivity index (χ3v) is 6.28. The van der Waals surface area contributed by atoms with E-state index < -0.39 is 0 Å². The van der Waals surface area contributed by atoms with Gasteiger partial charge in [0.2, 0.25) is 0 Å². The highest BCUT2D eigenvalue weighted by atomic mass is 32.1. The lowest BCUT2D eigenvalue weighted by molar-refractivity contribution is 0.0818. The summed E-state index contributed by atoms with van der Waals surface area (Å²) in [6.07, 6.45) is 0.871. The number of hydrogen-bond acceptors (Lipinski definition) is 6. The molecule has 0 bridgehead atoms. The Bertz CT molecular complexity index is 1230. The molecule has 0 radical (unpaired) electrons. The molecule has 31 heavy (non-hydrogen) atoms. The zero-order valence-corrected chi connectivity index (χ0v) is 18.5. The number of carbonyl (C=O) groups excluding carboxylic acids is 1. The molecule has 8 heteroatoms. The molecule has 7 nitrogen and oxygen atoms in total. The number of aromatic nitrogens is 4. The van der Waals surface area contributed by atoms with Crippen molar-refractivity contribution in [2.24, 2.45) is 0 Å². The third kappa shape index (κ3) is 3.96. The van der Waals surface area contributed by atoms with Crippen LogP contribution in [0.5, 0.6) is 0 Å². The van der Waals surface area contributed by atoms with Crippen molar-refractivity contribution in [2.45, 2.75) is 26.1 Å². The van der Waals surface area contributed by atoms with Crippen molar-refractivity contribution in [1.82, 2.24) is 28.3 Å². The van der Waals surface area contributed by atoms with Gasteiger partial charge in [0.25, 0.3) is 5.91 Å². The standard InChI is InChI=1S/C23H24N6OS/c1-27(2)23(30)22-18-15-28(13-17-8-9-19-20(12-17)26-31-25-19)11-10-21(18)29(24-22)14-16-6-4-3-5-7-16/h3-9,12H,10-11,13-15H2,1-2H3. The van der Waals surface area contributed by atoms with Gasteiger partial charge < -0.3 is 4.90 Å². The van der Waals surface area contributed by atoms with E-state index in [1.807, 2.05) is 28.9 Å². The predicted octanol–water partition coefficient (Wildman–Crippen LogP) is 3.20. The van der Waals surface area contributed by atoms with Crippen LogP contribution in [-0.2, 0) is 26.1 Å². The molecule has 3 heterocycles. The largest absolute Gasteiger partial charge is 0.343 e. The van der Waals surface area contributed by atoms with Crippen LogP contribution in [0.15, 0.2) is 48.5 Å². The van der Waals surface area contributed by atoms with Gasteiger partial charge in [0.1, 0.15) is 11.0 Å². The van der Waals surface area contributed by atoms with Crippen LogP contribution < -0.4 is 0 Å². The van der Waals surface area contributed by atoms with Gasteiger partial charge in [-0.15, -0.1) is 0 Å². The highest BCUT2D eigenvalue weighted by molar-refractivity contribution is 7.00. The second-order valence-corrected chi connectivity index (χ2v) is 8.69. The molecule has 0 unspecified atom stereocenters. The number of amides is 1. The normalized spacial score (nSPS) is 14.0. The maximum absolute atomic E-state index is 12.9. The molecule has 1 aliphatic heterocycles. The summed E-state index contributed by atoms with van der Waals surface area (Å²) in [5.74, 6) is -0.0418. The Balaban J connectivity index is 1.43. The Labute approximate surface area is 185 Å². The van der Waals surface area contributed by atoms with E-state index in [2.05, 4.69) is 37.9 Å². The summed E-state index contributed by atoms with van der Waals surface area (Å²) in [4.78, 5) is 16.9. The molecule has 1 aliphatic rings. The summed E-state index contributed by atoms with van der Waals surface area (Å²) in [5.41, 5.74) is 7.07. The number of benzene rings is 2. The van der Waals surface area contributed by atoms with Gasteiger partial charge in [0, 0.05) is 51.4 Å². The number of nitrogens with zero attached hydrogens (tertiary/aromatic N) is 6. The van der Waals surface area contributed by atoms with Crippen LogP contribution in [-0.4, -0.2) is 54.9 Å². The minimum absolute atomic E-state index is 0.0418. The highest BCUT2D eigenvalue weighted by Gasteiger charge is 2.29. The minimum Gasteiger partial charge on any atom is -0.343 e. The molecular weight excluding hydrogens is 408 g/mol. The van der Waals surface area contributed by atoms with Crippen molar-refractivity contribution in [3.63, 3.8) is 0 Å². The van der Waals surface area contributed by atoms with Crippen molar-refractivity contribution >= 4 is 28.7 Å². The molecule has 4 aromatic rings. The van der Waals surface area contributed by atoms with Crippen molar-refractivity contribution < 1.29 is 4.79 Å². The topological polar surface area (TPSA) is 67.2 Å². The molecule has 5 rings (SSSR count). The van der Waals surface area contributed by atoms with Gasteiger partial charge in [0.15, 0.2) is 5.69 Å². The maximum atomic E-state index is 12.9. The zero-order valence-electron chi connectivity index (χ0n) is 17.7. The van der Waals surface area contributed by atoms with Crippen LogP contribution in [0.1, 0.15) is 32.9 Å². The van der Waals surface area contributed by atoms with Crippen LogP contribution in [0.4, 0.5) is 0 Å². The van der Waals surface area contributed by atoms with E-state index in [1.165, 1.54) is 28.5 Å². The van der Waals surface area contributed by atoms with E-state index in [9.17, 15) is 4.79 Å². The van der Waals surface area contributed by atoms with Gasteiger partial charge in [-0.1, -0.05) is 36.4 Å². The molecule has 1 amide bonds. The number of hydrogen-bond donors (Lipinski definition) is 0. The molecule has 0 aliphatic carbocycles. The van der Waals surface area contributed by atoms with Crippen LogP contribution >= 0.6 is 11.7 Å². The maximum Gasteiger partial charge on any atom is 0.274 e. The summed E-state index contributed by atoms with van der Waals surface area (Å²) in [7, 11) is 3.56. The van der Waals surface area contributed by atoms with E-state index in [0.29, 0.717) is 18.8 Å². The van der Waals surface area contributed by atoms with E-state index in [4.69, 9.17) is 5.10 Å². The molecule has 2 aromatic carbocycles. The van der Waals surface area contributed by atoms with E-state index >= 15 is 0 Å². The summed E-state index contributed by atoms with van der Waals surface area (Å²) in [5, 5.41) is 4.77. The Morgan fingerprint density at radius 3 is 2.65 bits per heavy atom. The molecule has 0 saturated heterocycles. The van der Waals surface area contributed by atoms with E-state index in [0.717, 1.165) is 36.1 Å². The third-order valence-electron chi connectivity index (χ3n) is 5.72. The Morgan fingerprint density at radius 1 is 1.03 bits per heavy atom. The van der Waals surface area contributed by atoms with Crippen molar-refractivity contribution in [3.05, 3.63) is 76.6 Å². The molecule has 2 aromatic heterocycles. The molecule has 0 spiro atoms. The summed E-state index contributed by atoms with van der Waals surface area (Å²) < 4.78 is 10.7. The van der Waals surface area contributed by atoms with Crippen LogP contribution in [0.3, 0.4) is 0 Å². The first kappa shape index (κ1) is 19.8. The van der Waals surface area contributed by atoms with Crippen LogP contribution in [0.2, 0.25) is 0 Å². The Hall–Kier alpha value is -3.10. The van der Waals surface area contributed by atoms with Gasteiger partial charge in [-0.2, -0.15) is 13.8 Å². The van der Waals surface area contributed by atoms with Crippen molar-refractivity contribution in [2.75, 3.05) is 20.6 Å². The lowest BCUT2D eigenvalue weighted by Gasteiger charge is -2.28. The Morgan fingerprint density at radius 2 is 1.84 bits per heavy atom. The predicted molar refractivity (Wildman–Crippen MR) is 121 cm³/mol. The van der Waals surface area contributed by atoms with Crippen LogP contribution in [0.25, 0.3) is 11.0 Å². The van der Waals surface area contributed by atoms with Gasteiger partial charge in [-0.3, -0.25) is 14.4 Å².